The summed E-state index contributed by atoms with van der Waals surface area (Å²) in [6.45, 7) is 4.54. The van der Waals surface area contributed by atoms with Crippen molar-refractivity contribution in [1.82, 2.24) is 9.55 Å². The summed E-state index contributed by atoms with van der Waals surface area (Å²) in [5.74, 6) is 4.11. The summed E-state index contributed by atoms with van der Waals surface area (Å²) in [7, 11) is 1.99. The van der Waals surface area contributed by atoms with Gasteiger partial charge in [-0.25, -0.2) is 4.98 Å². The first-order chi connectivity index (χ1) is 9.59. The molecule has 0 spiro atoms. The van der Waals surface area contributed by atoms with Gasteiger partial charge in [-0.2, -0.15) is 0 Å². The molecule has 0 saturated heterocycles. The number of anilines is 1. The number of nitrogens with zero attached hydrogens (tertiary/aromatic N) is 2. The Kier molecular flexibility index (Phi) is 2.71. The number of imidazole rings is 1. The third kappa shape index (κ3) is 1.74. The molecule has 1 atom stereocenters. The number of aromatic nitrogens is 2. The maximum atomic E-state index is 4.63. The first-order valence-electron chi connectivity index (χ1n) is 8.33. The van der Waals surface area contributed by atoms with Crippen LogP contribution in [-0.4, -0.2) is 16.6 Å². The summed E-state index contributed by atoms with van der Waals surface area (Å²) in [5.41, 5.74) is 1.68. The third-order valence-electron chi connectivity index (χ3n) is 6.47. The normalized spacial score (nSPS) is 40.0. The van der Waals surface area contributed by atoms with E-state index in [0.29, 0.717) is 11.5 Å². The molecule has 3 heteroatoms. The van der Waals surface area contributed by atoms with Crippen molar-refractivity contribution in [3.8, 4) is 0 Å². The standard InChI is InChI=1S/C17H27N3/c1-11-10-20(16(18-3)19-11)12(2)17-7-13-4-14(8-17)6-15(5-13)9-17/h10,12-15H,4-9H2,1-3H3,(H,18,19). The van der Waals surface area contributed by atoms with Gasteiger partial charge in [0, 0.05) is 19.3 Å². The van der Waals surface area contributed by atoms with E-state index < -0.39 is 0 Å². The highest BCUT2D eigenvalue weighted by atomic mass is 15.2. The van der Waals surface area contributed by atoms with Crippen molar-refractivity contribution in [3.63, 3.8) is 0 Å². The van der Waals surface area contributed by atoms with E-state index in [4.69, 9.17) is 0 Å². The molecular weight excluding hydrogens is 246 g/mol. The molecule has 1 N–H and O–H groups in total. The minimum absolute atomic E-state index is 0.549. The molecule has 1 heterocycles. The molecule has 4 bridgehead atoms. The molecule has 110 valence electrons. The van der Waals surface area contributed by atoms with E-state index in [1.165, 1.54) is 38.5 Å². The number of nitrogens with one attached hydrogen (secondary N) is 1. The zero-order valence-corrected chi connectivity index (χ0v) is 13.0. The molecule has 1 unspecified atom stereocenters. The largest absolute Gasteiger partial charge is 0.359 e. The summed E-state index contributed by atoms with van der Waals surface area (Å²) in [6, 6.07) is 0.583. The van der Waals surface area contributed by atoms with Crippen molar-refractivity contribution in [3.05, 3.63) is 11.9 Å². The topological polar surface area (TPSA) is 29.9 Å². The fourth-order valence-electron chi connectivity index (χ4n) is 5.98. The molecular formula is C17H27N3. The van der Waals surface area contributed by atoms with Crippen LogP contribution in [0.4, 0.5) is 5.95 Å². The lowest BCUT2D eigenvalue weighted by Gasteiger charge is -2.59. The lowest BCUT2D eigenvalue weighted by Crippen LogP contribution is -2.49. The van der Waals surface area contributed by atoms with E-state index in [0.717, 1.165) is 29.4 Å². The Balaban J connectivity index is 1.69. The summed E-state index contributed by atoms with van der Waals surface area (Å²) in [5, 5.41) is 3.28. The number of hydrogen-bond donors (Lipinski definition) is 1. The van der Waals surface area contributed by atoms with Gasteiger partial charge in [-0.05, 0) is 75.5 Å². The Labute approximate surface area is 122 Å². The Morgan fingerprint density at radius 1 is 1.20 bits per heavy atom. The molecule has 4 aliphatic carbocycles. The molecule has 0 aliphatic heterocycles. The summed E-state index contributed by atoms with van der Waals surface area (Å²) >= 11 is 0. The summed E-state index contributed by atoms with van der Waals surface area (Å²) in [6.07, 6.45) is 11.2. The molecule has 4 aliphatic rings. The van der Waals surface area contributed by atoms with Gasteiger partial charge in [-0.1, -0.05) is 0 Å². The number of aryl methyl sites for hydroxylation is 1. The van der Waals surface area contributed by atoms with Crippen LogP contribution in [0.1, 0.15) is 57.2 Å². The molecule has 0 radical (unpaired) electrons. The minimum Gasteiger partial charge on any atom is -0.359 e. The van der Waals surface area contributed by atoms with E-state index in [2.05, 4.69) is 34.9 Å². The van der Waals surface area contributed by atoms with Crippen LogP contribution in [0.2, 0.25) is 0 Å². The van der Waals surface area contributed by atoms with Gasteiger partial charge in [0.25, 0.3) is 0 Å². The van der Waals surface area contributed by atoms with Gasteiger partial charge < -0.3 is 9.88 Å². The lowest BCUT2D eigenvalue weighted by atomic mass is 9.48. The van der Waals surface area contributed by atoms with Gasteiger partial charge in [-0.3, -0.25) is 0 Å². The first-order valence-corrected chi connectivity index (χ1v) is 8.33. The van der Waals surface area contributed by atoms with Crippen LogP contribution in [0.5, 0.6) is 0 Å². The van der Waals surface area contributed by atoms with E-state index >= 15 is 0 Å². The molecule has 5 rings (SSSR count). The van der Waals surface area contributed by atoms with Gasteiger partial charge in [-0.15, -0.1) is 0 Å². The number of hydrogen-bond acceptors (Lipinski definition) is 2. The molecule has 1 aromatic rings. The highest BCUT2D eigenvalue weighted by Crippen LogP contribution is 2.63. The second-order valence-electron chi connectivity index (χ2n) is 7.82. The predicted octanol–water partition coefficient (Wildman–Crippen LogP) is 4.01. The van der Waals surface area contributed by atoms with Gasteiger partial charge in [0.1, 0.15) is 0 Å². The third-order valence-corrected chi connectivity index (χ3v) is 6.47. The van der Waals surface area contributed by atoms with Crippen molar-refractivity contribution in [2.45, 2.75) is 58.4 Å². The maximum Gasteiger partial charge on any atom is 0.203 e. The van der Waals surface area contributed by atoms with Crippen LogP contribution in [0.25, 0.3) is 0 Å². The van der Waals surface area contributed by atoms with Crippen LogP contribution < -0.4 is 5.32 Å². The van der Waals surface area contributed by atoms with Crippen LogP contribution >= 0.6 is 0 Å². The zero-order valence-electron chi connectivity index (χ0n) is 13.0. The predicted molar refractivity (Wildman–Crippen MR) is 81.8 cm³/mol. The fourth-order valence-corrected chi connectivity index (χ4v) is 5.98. The average Bonchev–Trinajstić information content (AvgIpc) is 2.77. The summed E-state index contributed by atoms with van der Waals surface area (Å²) in [4.78, 5) is 4.63. The molecule has 0 aromatic carbocycles. The van der Waals surface area contributed by atoms with Crippen molar-refractivity contribution in [1.29, 1.82) is 0 Å². The lowest BCUT2D eigenvalue weighted by molar-refractivity contribution is -0.0784. The van der Waals surface area contributed by atoms with Crippen molar-refractivity contribution < 1.29 is 0 Å². The Hall–Kier alpha value is -0.990. The minimum atomic E-state index is 0.549. The van der Waals surface area contributed by atoms with Gasteiger partial charge in [0.15, 0.2) is 0 Å². The monoisotopic (exact) mass is 273 g/mol. The van der Waals surface area contributed by atoms with Gasteiger partial charge in [0.2, 0.25) is 5.95 Å². The summed E-state index contributed by atoms with van der Waals surface area (Å²) < 4.78 is 2.42. The first kappa shape index (κ1) is 12.7. The molecule has 0 amide bonds. The molecule has 3 nitrogen and oxygen atoms in total. The SMILES string of the molecule is CNc1nc(C)cn1C(C)C12CC3CC(CC(C3)C1)C2. The van der Waals surface area contributed by atoms with Crippen molar-refractivity contribution in [2.75, 3.05) is 12.4 Å². The van der Waals surface area contributed by atoms with Crippen molar-refractivity contribution >= 4 is 5.95 Å². The zero-order chi connectivity index (χ0) is 13.9. The van der Waals surface area contributed by atoms with E-state index in [1.807, 2.05) is 7.05 Å². The number of rotatable bonds is 3. The highest BCUT2D eigenvalue weighted by Gasteiger charge is 2.53. The second-order valence-corrected chi connectivity index (χ2v) is 7.82. The average molecular weight is 273 g/mol. The quantitative estimate of drug-likeness (QED) is 0.901. The molecule has 1 aromatic heterocycles. The van der Waals surface area contributed by atoms with E-state index in [-0.39, 0.29) is 0 Å². The van der Waals surface area contributed by atoms with E-state index in [9.17, 15) is 0 Å². The highest BCUT2D eigenvalue weighted by molar-refractivity contribution is 5.29. The van der Waals surface area contributed by atoms with E-state index in [1.54, 1.807) is 0 Å². The molecule has 20 heavy (non-hydrogen) atoms. The van der Waals surface area contributed by atoms with Crippen LogP contribution in [0, 0.1) is 30.1 Å². The molecule has 4 saturated carbocycles. The molecule has 4 fully saturated rings. The van der Waals surface area contributed by atoms with Gasteiger partial charge in [0.05, 0.1) is 5.69 Å². The van der Waals surface area contributed by atoms with Gasteiger partial charge >= 0.3 is 0 Å². The Bertz CT molecular complexity index is 481. The van der Waals surface area contributed by atoms with Crippen LogP contribution in [-0.2, 0) is 0 Å². The Morgan fingerprint density at radius 2 is 1.75 bits per heavy atom. The smallest absolute Gasteiger partial charge is 0.203 e. The second kappa shape index (κ2) is 4.25. The maximum absolute atomic E-state index is 4.63. The van der Waals surface area contributed by atoms with Crippen LogP contribution in [0.15, 0.2) is 6.20 Å². The fraction of sp³-hybridized carbons (Fsp3) is 0.824. The van der Waals surface area contributed by atoms with Crippen LogP contribution in [0.3, 0.4) is 0 Å². The van der Waals surface area contributed by atoms with Crippen molar-refractivity contribution in [2.24, 2.45) is 23.2 Å². The Morgan fingerprint density at radius 3 is 2.25 bits per heavy atom.